The number of H-pyrrole nitrogens is 2. The molecule has 0 unspecified atom stereocenters. The molecule has 21 heavy (non-hydrogen) atoms. The lowest BCUT2D eigenvalue weighted by molar-refractivity contribution is -0.127. The van der Waals surface area contributed by atoms with Crippen molar-refractivity contribution in [1.29, 1.82) is 0 Å². The maximum absolute atomic E-state index is 12.2. The molecular formula is C14H22N4O3. The van der Waals surface area contributed by atoms with E-state index in [9.17, 15) is 9.59 Å². The van der Waals surface area contributed by atoms with Gasteiger partial charge in [0.1, 0.15) is 0 Å². The smallest absolute Gasteiger partial charge is 0.267 e. The predicted octanol–water partition coefficient (Wildman–Crippen LogP) is -0.612. The number of carbonyl (C=O) groups excluding carboxylic acids is 1. The first kappa shape index (κ1) is 14.3. The molecule has 0 bridgehead atoms. The molecule has 2 fully saturated rings. The Morgan fingerprint density at radius 1 is 1.43 bits per heavy atom. The van der Waals surface area contributed by atoms with Crippen LogP contribution in [0.1, 0.15) is 17.7 Å². The summed E-state index contributed by atoms with van der Waals surface area (Å²) >= 11 is 0. The van der Waals surface area contributed by atoms with Crippen LogP contribution in [0.2, 0.25) is 0 Å². The van der Waals surface area contributed by atoms with Crippen molar-refractivity contribution < 1.29 is 9.53 Å². The number of rotatable bonds is 4. The maximum atomic E-state index is 12.2. The number of nitrogens with zero attached hydrogens (tertiary/aromatic N) is 1. The van der Waals surface area contributed by atoms with E-state index in [-0.39, 0.29) is 36.1 Å². The molecule has 1 aromatic rings. The Kier molecular flexibility index (Phi) is 3.62. The minimum absolute atomic E-state index is 0.106. The Morgan fingerprint density at radius 3 is 2.81 bits per heavy atom. The first-order valence-corrected chi connectivity index (χ1v) is 7.32. The summed E-state index contributed by atoms with van der Waals surface area (Å²) in [5.41, 5.74) is 1.00. The van der Waals surface area contributed by atoms with Gasteiger partial charge < -0.3 is 20.1 Å². The normalized spacial score (nSPS) is 31.0. The topological polar surface area (TPSA) is 90.2 Å². The minimum atomic E-state index is -0.220. The zero-order valence-electron chi connectivity index (χ0n) is 12.6. The number of hydrogen-bond donors (Lipinski definition) is 3. The Hall–Kier alpha value is -1.60. The summed E-state index contributed by atoms with van der Waals surface area (Å²) in [5, 5.41) is 8.33. The van der Waals surface area contributed by atoms with Crippen LogP contribution in [-0.2, 0) is 16.0 Å². The molecule has 2 heterocycles. The average molecular weight is 294 g/mol. The van der Waals surface area contributed by atoms with Gasteiger partial charge in [0.15, 0.2) is 0 Å². The molecule has 7 nitrogen and oxygen atoms in total. The van der Waals surface area contributed by atoms with Crippen molar-refractivity contribution >= 4 is 5.91 Å². The maximum Gasteiger partial charge on any atom is 0.267 e. The zero-order chi connectivity index (χ0) is 15.1. The third kappa shape index (κ3) is 2.40. The van der Waals surface area contributed by atoms with E-state index in [1.165, 1.54) is 0 Å². The molecule has 3 N–H and O–H groups in total. The number of aromatic nitrogens is 2. The highest BCUT2D eigenvalue weighted by atomic mass is 16.5. The van der Waals surface area contributed by atoms with Gasteiger partial charge in [0.2, 0.25) is 5.91 Å². The first-order valence-electron chi connectivity index (χ1n) is 7.32. The van der Waals surface area contributed by atoms with Gasteiger partial charge in [-0.2, -0.15) is 0 Å². The van der Waals surface area contributed by atoms with Gasteiger partial charge in [0, 0.05) is 23.8 Å². The van der Waals surface area contributed by atoms with Gasteiger partial charge in [-0.3, -0.25) is 14.7 Å². The van der Waals surface area contributed by atoms with Gasteiger partial charge in [-0.1, -0.05) is 0 Å². The van der Waals surface area contributed by atoms with E-state index in [2.05, 4.69) is 20.4 Å². The third-order valence-electron chi connectivity index (χ3n) is 4.70. The van der Waals surface area contributed by atoms with Crippen LogP contribution >= 0.6 is 0 Å². The second-order valence-electron chi connectivity index (χ2n) is 6.19. The molecule has 116 valence electrons. The van der Waals surface area contributed by atoms with Crippen molar-refractivity contribution in [3.05, 3.63) is 21.6 Å². The second-order valence-corrected chi connectivity index (χ2v) is 6.19. The van der Waals surface area contributed by atoms with Crippen LogP contribution in [0.15, 0.2) is 4.79 Å². The van der Waals surface area contributed by atoms with E-state index in [1.807, 2.05) is 14.1 Å². The number of amides is 1. The summed E-state index contributed by atoms with van der Waals surface area (Å²) in [7, 11) is 4.01. The number of ether oxygens (including phenoxy) is 1. The van der Waals surface area contributed by atoms with Crippen molar-refractivity contribution in [1.82, 2.24) is 20.4 Å². The number of likely N-dealkylation sites (N-methyl/N-ethyl adjacent to an activating group) is 1. The van der Waals surface area contributed by atoms with Crippen LogP contribution in [-0.4, -0.2) is 59.9 Å². The zero-order valence-corrected chi connectivity index (χ0v) is 12.6. The number of fused-ring (bicyclic) bond motifs is 1. The average Bonchev–Trinajstić information content (AvgIpc) is 2.94. The van der Waals surface area contributed by atoms with Gasteiger partial charge >= 0.3 is 0 Å². The summed E-state index contributed by atoms with van der Waals surface area (Å²) in [6, 6.07) is 0.324. The van der Waals surface area contributed by atoms with Crippen molar-refractivity contribution in [2.45, 2.75) is 38.0 Å². The molecule has 1 aliphatic carbocycles. The number of aryl methyl sites for hydroxylation is 1. The van der Waals surface area contributed by atoms with Crippen LogP contribution < -0.4 is 10.9 Å². The molecule has 0 radical (unpaired) electrons. The van der Waals surface area contributed by atoms with E-state index in [1.54, 1.807) is 6.92 Å². The molecule has 0 spiro atoms. The van der Waals surface area contributed by atoms with E-state index >= 15 is 0 Å². The highest BCUT2D eigenvalue weighted by molar-refractivity contribution is 5.79. The molecule has 7 heteroatoms. The van der Waals surface area contributed by atoms with Crippen molar-refractivity contribution in [2.75, 3.05) is 20.7 Å². The highest BCUT2D eigenvalue weighted by Gasteiger charge is 2.55. The fraction of sp³-hybridized carbons (Fsp3) is 0.714. The molecule has 1 saturated carbocycles. The van der Waals surface area contributed by atoms with Crippen LogP contribution in [0, 0.1) is 12.8 Å². The van der Waals surface area contributed by atoms with Gasteiger partial charge in [-0.15, -0.1) is 0 Å². The van der Waals surface area contributed by atoms with Gasteiger partial charge in [0.05, 0.1) is 24.6 Å². The molecule has 1 aliphatic heterocycles. The Morgan fingerprint density at radius 2 is 2.19 bits per heavy atom. The van der Waals surface area contributed by atoms with Crippen LogP contribution in [0.4, 0.5) is 0 Å². The van der Waals surface area contributed by atoms with Crippen LogP contribution in [0.25, 0.3) is 0 Å². The lowest BCUT2D eigenvalue weighted by Gasteiger charge is -2.50. The molecule has 1 aromatic heterocycles. The fourth-order valence-electron chi connectivity index (χ4n) is 3.57. The summed E-state index contributed by atoms with van der Waals surface area (Å²) in [5.74, 6) is 0.289. The molecule has 4 atom stereocenters. The number of carbonyl (C=O) groups is 1. The van der Waals surface area contributed by atoms with Gasteiger partial charge in [-0.25, -0.2) is 0 Å². The molecular weight excluding hydrogens is 272 g/mol. The second kappa shape index (κ2) is 5.31. The molecule has 1 saturated heterocycles. The fourth-order valence-corrected chi connectivity index (χ4v) is 3.57. The summed E-state index contributed by atoms with van der Waals surface area (Å²) < 4.78 is 5.73. The molecule has 0 aromatic carbocycles. The largest absolute Gasteiger partial charge is 0.376 e. The van der Waals surface area contributed by atoms with Crippen LogP contribution in [0.3, 0.4) is 0 Å². The standard InChI is InChI=1S/C14H22N4O3/c1-7-9(14(20)17-16-7)6-10(19)15-11-8-4-5-21-13(8)12(11)18(2)3/h8,11-13H,4-6H2,1-3H3,(H,15,19)(H2,16,17,20)/t8-,11+,12-,13-/m1/s1. The quantitative estimate of drug-likeness (QED) is 0.691. The van der Waals surface area contributed by atoms with Crippen molar-refractivity contribution in [3.8, 4) is 0 Å². The molecule has 2 aliphatic rings. The summed E-state index contributed by atoms with van der Waals surface area (Å²) in [6.07, 6.45) is 1.33. The number of nitrogens with one attached hydrogen (secondary N) is 3. The van der Waals surface area contributed by atoms with Gasteiger partial charge in [-0.05, 0) is 27.4 Å². The first-order chi connectivity index (χ1) is 9.99. The SMILES string of the molecule is Cc1[nH][nH]c(=O)c1CC(=O)N[C@H]1[C@H]2CCO[C@H]2[C@@H]1N(C)C. The van der Waals surface area contributed by atoms with Gasteiger partial charge in [0.25, 0.3) is 5.56 Å². The van der Waals surface area contributed by atoms with E-state index in [0.29, 0.717) is 11.5 Å². The van der Waals surface area contributed by atoms with E-state index in [4.69, 9.17) is 4.74 Å². The summed E-state index contributed by atoms with van der Waals surface area (Å²) in [6.45, 7) is 2.55. The summed E-state index contributed by atoms with van der Waals surface area (Å²) in [4.78, 5) is 25.9. The van der Waals surface area contributed by atoms with Crippen LogP contribution in [0.5, 0.6) is 0 Å². The molecule has 3 rings (SSSR count). The Balaban J connectivity index is 1.66. The lowest BCUT2D eigenvalue weighted by atomic mass is 9.71. The number of hydrogen-bond acceptors (Lipinski definition) is 4. The minimum Gasteiger partial charge on any atom is -0.376 e. The number of aromatic amines is 2. The van der Waals surface area contributed by atoms with E-state index < -0.39 is 0 Å². The lowest BCUT2D eigenvalue weighted by Crippen LogP contribution is -2.69. The predicted molar refractivity (Wildman–Crippen MR) is 77.1 cm³/mol. The highest BCUT2D eigenvalue weighted by Crippen LogP contribution is 2.41. The Bertz CT molecular complexity index is 591. The monoisotopic (exact) mass is 294 g/mol. The third-order valence-corrected chi connectivity index (χ3v) is 4.70. The van der Waals surface area contributed by atoms with Crippen molar-refractivity contribution in [2.24, 2.45) is 5.92 Å². The van der Waals surface area contributed by atoms with E-state index in [0.717, 1.165) is 18.7 Å². The Labute approximate surface area is 123 Å². The van der Waals surface area contributed by atoms with Crippen molar-refractivity contribution in [3.63, 3.8) is 0 Å². The molecule has 1 amide bonds.